The lowest BCUT2D eigenvalue weighted by atomic mass is 10.1. The highest BCUT2D eigenvalue weighted by atomic mass is 15.1. The third-order valence-electron chi connectivity index (χ3n) is 2.20. The van der Waals surface area contributed by atoms with Crippen LogP contribution in [0.25, 0.3) is 16.6 Å². The molecule has 76 valence electrons. The molecule has 0 saturated carbocycles. The Morgan fingerprint density at radius 1 is 1.47 bits per heavy atom. The number of nitrogens with zero attached hydrogens (tertiary/aromatic N) is 3. The van der Waals surface area contributed by atoms with Gasteiger partial charge in [0.1, 0.15) is 5.52 Å². The number of H-pyrrole nitrogens is 1. The molecule has 1 N–H and O–H groups in total. The molecule has 2 aromatic rings. The number of pyridine rings is 1. The number of allylic oxidation sites excluding steroid dienone is 2. The van der Waals surface area contributed by atoms with Crippen molar-refractivity contribution >= 4 is 22.8 Å². The highest BCUT2D eigenvalue weighted by Gasteiger charge is 2.01. The van der Waals surface area contributed by atoms with Crippen LogP contribution in [0, 0.1) is 0 Å². The molecule has 0 unspecified atom stereocenters. The van der Waals surface area contributed by atoms with E-state index < -0.39 is 0 Å². The van der Waals surface area contributed by atoms with Crippen molar-refractivity contribution < 1.29 is 0 Å². The second-order valence-corrected chi connectivity index (χ2v) is 3.16. The third kappa shape index (κ3) is 1.79. The number of hydrogen-bond acceptors (Lipinski definition) is 3. The van der Waals surface area contributed by atoms with Gasteiger partial charge in [-0.05, 0) is 18.6 Å². The van der Waals surface area contributed by atoms with Crippen LogP contribution in [-0.4, -0.2) is 28.4 Å². The number of hydrogen-bond donors (Lipinski definition) is 1. The van der Waals surface area contributed by atoms with E-state index in [2.05, 4.69) is 20.2 Å². The Morgan fingerprint density at radius 3 is 3.07 bits per heavy atom. The van der Waals surface area contributed by atoms with Crippen LogP contribution in [0.5, 0.6) is 0 Å². The van der Waals surface area contributed by atoms with Gasteiger partial charge in [-0.3, -0.25) is 15.1 Å². The Labute approximate surface area is 87.8 Å². The van der Waals surface area contributed by atoms with Crippen LogP contribution in [0.2, 0.25) is 0 Å². The van der Waals surface area contributed by atoms with Gasteiger partial charge in [0.15, 0.2) is 0 Å². The maximum atomic E-state index is 4.30. The number of fused-ring (bicyclic) bond motifs is 1. The minimum Gasteiger partial charge on any atom is -0.296 e. The lowest BCUT2D eigenvalue weighted by molar-refractivity contribution is 1.12. The van der Waals surface area contributed by atoms with E-state index in [1.807, 2.05) is 31.5 Å². The molecule has 4 nitrogen and oxygen atoms in total. The summed E-state index contributed by atoms with van der Waals surface area (Å²) in [5.41, 5.74) is 3.92. The zero-order valence-corrected chi connectivity index (χ0v) is 8.73. The summed E-state index contributed by atoms with van der Waals surface area (Å²) in [5, 5.41) is 6.83. The second-order valence-electron chi connectivity index (χ2n) is 3.16. The van der Waals surface area contributed by atoms with Gasteiger partial charge in [0.25, 0.3) is 0 Å². The fraction of sp³-hybridized carbons (Fsp3) is 0.182. The van der Waals surface area contributed by atoms with Gasteiger partial charge in [0.05, 0.1) is 11.7 Å². The normalized spacial score (nSPS) is 12.8. The smallest absolute Gasteiger partial charge is 0.108 e. The molecule has 2 aromatic heterocycles. The predicted octanol–water partition coefficient (Wildman–Crippen LogP) is 2.06. The van der Waals surface area contributed by atoms with Gasteiger partial charge >= 0.3 is 0 Å². The van der Waals surface area contributed by atoms with E-state index in [1.54, 1.807) is 13.2 Å². The summed E-state index contributed by atoms with van der Waals surface area (Å²) in [4.78, 5) is 8.30. The molecule has 0 atom stereocenters. The molecule has 2 rings (SSSR count). The predicted molar refractivity (Wildman–Crippen MR) is 62.0 cm³/mol. The molecule has 0 spiro atoms. The Morgan fingerprint density at radius 2 is 2.33 bits per heavy atom. The van der Waals surface area contributed by atoms with Gasteiger partial charge in [0, 0.05) is 25.0 Å². The molecule has 0 saturated heterocycles. The monoisotopic (exact) mass is 200 g/mol. The zero-order chi connectivity index (χ0) is 10.7. The number of nitrogens with one attached hydrogen (secondary N) is 1. The molecule has 0 radical (unpaired) electrons. The summed E-state index contributed by atoms with van der Waals surface area (Å²) < 4.78 is 0. The first-order chi connectivity index (χ1) is 7.35. The van der Waals surface area contributed by atoms with Crippen LogP contribution >= 0.6 is 0 Å². The van der Waals surface area contributed by atoms with Gasteiger partial charge < -0.3 is 0 Å². The summed E-state index contributed by atoms with van der Waals surface area (Å²) in [6, 6.07) is 2.02. The largest absolute Gasteiger partial charge is 0.296 e. The van der Waals surface area contributed by atoms with Gasteiger partial charge in [-0.2, -0.15) is 5.10 Å². The van der Waals surface area contributed by atoms with Crippen LogP contribution in [-0.2, 0) is 0 Å². The number of rotatable bonds is 2. The number of aromatic nitrogens is 3. The van der Waals surface area contributed by atoms with Crippen molar-refractivity contribution in [3.63, 3.8) is 0 Å². The average molecular weight is 200 g/mol. The van der Waals surface area contributed by atoms with Crippen molar-refractivity contribution in [1.29, 1.82) is 0 Å². The molecule has 0 aromatic carbocycles. The minimum atomic E-state index is 0.877. The van der Waals surface area contributed by atoms with Gasteiger partial charge in [0.2, 0.25) is 0 Å². The van der Waals surface area contributed by atoms with E-state index in [0.717, 1.165) is 22.2 Å². The third-order valence-corrected chi connectivity index (χ3v) is 2.20. The topological polar surface area (TPSA) is 53.9 Å². The van der Waals surface area contributed by atoms with E-state index in [9.17, 15) is 0 Å². The zero-order valence-electron chi connectivity index (χ0n) is 8.73. The lowest BCUT2D eigenvalue weighted by Crippen LogP contribution is -1.87. The Balaban J connectivity index is 2.51. The minimum absolute atomic E-state index is 0.877. The van der Waals surface area contributed by atoms with E-state index in [1.165, 1.54) is 0 Å². The molecule has 2 heterocycles. The van der Waals surface area contributed by atoms with E-state index >= 15 is 0 Å². The van der Waals surface area contributed by atoms with Crippen LogP contribution in [0.1, 0.15) is 12.5 Å². The molecular formula is C11H12N4. The van der Waals surface area contributed by atoms with Crippen molar-refractivity contribution in [3.05, 3.63) is 30.1 Å². The Bertz CT molecular complexity index is 522. The molecule has 0 amide bonds. The van der Waals surface area contributed by atoms with Crippen LogP contribution in [0.4, 0.5) is 0 Å². The fourth-order valence-electron chi connectivity index (χ4n) is 1.44. The molecule has 0 aliphatic heterocycles. The fourth-order valence-corrected chi connectivity index (χ4v) is 1.44. The molecule has 15 heavy (non-hydrogen) atoms. The van der Waals surface area contributed by atoms with Gasteiger partial charge in [-0.15, -0.1) is 0 Å². The van der Waals surface area contributed by atoms with E-state index in [0.29, 0.717) is 0 Å². The van der Waals surface area contributed by atoms with Crippen LogP contribution in [0.15, 0.2) is 29.5 Å². The quantitative estimate of drug-likeness (QED) is 0.754. The molecule has 0 aliphatic carbocycles. The SMILES string of the molecule is C/C=C(\C=NC)c1cnc2cn[nH]c2c1. The Hall–Kier alpha value is -1.97. The second kappa shape index (κ2) is 4.04. The summed E-state index contributed by atoms with van der Waals surface area (Å²) in [7, 11) is 1.76. The van der Waals surface area contributed by atoms with Crippen molar-refractivity contribution in [2.24, 2.45) is 4.99 Å². The number of aromatic amines is 1. The van der Waals surface area contributed by atoms with Crippen LogP contribution in [0.3, 0.4) is 0 Å². The number of aliphatic imine (C=N–C) groups is 1. The van der Waals surface area contributed by atoms with Crippen molar-refractivity contribution in [2.45, 2.75) is 6.92 Å². The van der Waals surface area contributed by atoms with Gasteiger partial charge in [-0.1, -0.05) is 6.08 Å². The van der Waals surface area contributed by atoms with Crippen molar-refractivity contribution in [2.75, 3.05) is 7.05 Å². The van der Waals surface area contributed by atoms with Gasteiger partial charge in [-0.25, -0.2) is 0 Å². The van der Waals surface area contributed by atoms with Crippen LogP contribution < -0.4 is 0 Å². The maximum absolute atomic E-state index is 4.30. The first-order valence-corrected chi connectivity index (χ1v) is 4.73. The molecule has 0 fully saturated rings. The first kappa shape index (κ1) is 9.58. The summed E-state index contributed by atoms with van der Waals surface area (Å²) in [6.07, 6.45) is 7.36. The molecule has 0 bridgehead atoms. The Kier molecular flexibility index (Phi) is 2.58. The average Bonchev–Trinajstić information content (AvgIpc) is 2.72. The maximum Gasteiger partial charge on any atom is 0.108 e. The van der Waals surface area contributed by atoms with E-state index in [-0.39, 0.29) is 0 Å². The summed E-state index contributed by atoms with van der Waals surface area (Å²) >= 11 is 0. The highest BCUT2D eigenvalue weighted by molar-refractivity contribution is 6.10. The lowest BCUT2D eigenvalue weighted by Gasteiger charge is -2.00. The summed E-state index contributed by atoms with van der Waals surface area (Å²) in [6.45, 7) is 1.98. The summed E-state index contributed by atoms with van der Waals surface area (Å²) in [5.74, 6) is 0. The van der Waals surface area contributed by atoms with Crippen molar-refractivity contribution in [1.82, 2.24) is 15.2 Å². The van der Waals surface area contributed by atoms with E-state index in [4.69, 9.17) is 0 Å². The highest BCUT2D eigenvalue weighted by Crippen LogP contribution is 2.15. The molecular weight excluding hydrogens is 188 g/mol. The molecule has 0 aliphatic rings. The standard InChI is InChI=1S/C11H12N4/c1-3-8(5-12-2)9-4-10-11(13-6-9)7-14-15-10/h3-7H,1-2H3,(H,14,15)/b8-3+,12-5?. The van der Waals surface area contributed by atoms with Crippen molar-refractivity contribution in [3.8, 4) is 0 Å². The first-order valence-electron chi connectivity index (χ1n) is 4.73. The molecule has 4 heteroatoms.